The molecule has 2 aliphatic rings. The minimum Gasteiger partial charge on any atom is -0.357 e. The van der Waals surface area contributed by atoms with Crippen molar-refractivity contribution in [3.05, 3.63) is 0 Å². The minimum absolute atomic E-state index is 0. The molecule has 1 atom stereocenters. The Morgan fingerprint density at radius 1 is 1.42 bits per heavy atom. The zero-order valence-corrected chi connectivity index (χ0v) is 17.9. The highest BCUT2D eigenvalue weighted by Gasteiger charge is 2.42. The lowest BCUT2D eigenvalue weighted by atomic mass is 9.79. The van der Waals surface area contributed by atoms with Crippen LogP contribution in [-0.2, 0) is 4.79 Å². The van der Waals surface area contributed by atoms with E-state index in [-0.39, 0.29) is 40.8 Å². The van der Waals surface area contributed by atoms with Crippen molar-refractivity contribution in [1.29, 1.82) is 0 Å². The Kier molecular flexibility index (Phi) is 8.25. The van der Waals surface area contributed by atoms with Crippen LogP contribution < -0.4 is 16.0 Å². The van der Waals surface area contributed by atoms with Gasteiger partial charge in [-0.05, 0) is 40.5 Å². The van der Waals surface area contributed by atoms with Gasteiger partial charge in [-0.3, -0.25) is 9.79 Å². The standard InChI is InChI=1S/C17H33N5O.HI/c1-5-18-15(19-8-9-21-16(2,3)4)22-10-6-7-17(13-22)11-14(23)20-12-17;/h21H,5-13H2,1-4H3,(H,18,19)(H,20,23);1H. The quantitative estimate of drug-likeness (QED) is 0.263. The van der Waals surface area contributed by atoms with E-state index in [1.165, 1.54) is 0 Å². The summed E-state index contributed by atoms with van der Waals surface area (Å²) in [6, 6.07) is 0. The summed E-state index contributed by atoms with van der Waals surface area (Å²) in [6.07, 6.45) is 2.92. The van der Waals surface area contributed by atoms with Crippen LogP contribution in [0.1, 0.15) is 47.0 Å². The van der Waals surface area contributed by atoms with Crippen LogP contribution in [0.15, 0.2) is 4.99 Å². The van der Waals surface area contributed by atoms with Gasteiger partial charge < -0.3 is 20.9 Å². The summed E-state index contributed by atoms with van der Waals surface area (Å²) in [5.41, 5.74) is 0.230. The van der Waals surface area contributed by atoms with E-state index >= 15 is 0 Å². The van der Waals surface area contributed by atoms with Gasteiger partial charge in [0.25, 0.3) is 0 Å². The maximum atomic E-state index is 11.6. The summed E-state index contributed by atoms with van der Waals surface area (Å²) >= 11 is 0. The van der Waals surface area contributed by atoms with Gasteiger partial charge in [0.15, 0.2) is 5.96 Å². The molecule has 2 heterocycles. The third-order valence-corrected chi connectivity index (χ3v) is 4.52. The maximum absolute atomic E-state index is 11.6. The van der Waals surface area contributed by atoms with Crippen LogP contribution in [0.5, 0.6) is 0 Å². The van der Waals surface area contributed by atoms with Crippen molar-refractivity contribution < 1.29 is 4.79 Å². The Morgan fingerprint density at radius 2 is 2.17 bits per heavy atom. The van der Waals surface area contributed by atoms with Gasteiger partial charge in [-0.25, -0.2) is 0 Å². The van der Waals surface area contributed by atoms with Gasteiger partial charge >= 0.3 is 0 Å². The van der Waals surface area contributed by atoms with Gasteiger partial charge in [0.05, 0.1) is 6.54 Å². The third kappa shape index (κ3) is 6.38. The summed E-state index contributed by atoms with van der Waals surface area (Å²) in [5.74, 6) is 1.18. The molecule has 2 aliphatic heterocycles. The fraction of sp³-hybridized carbons (Fsp3) is 0.882. The molecule has 0 bridgehead atoms. The van der Waals surface area contributed by atoms with Gasteiger partial charge in [0.1, 0.15) is 0 Å². The van der Waals surface area contributed by atoms with Crippen molar-refractivity contribution in [3.63, 3.8) is 0 Å². The molecule has 0 aliphatic carbocycles. The molecule has 3 N–H and O–H groups in total. The molecule has 7 heteroatoms. The number of hydrogen-bond acceptors (Lipinski definition) is 3. The molecule has 0 saturated carbocycles. The third-order valence-electron chi connectivity index (χ3n) is 4.52. The normalized spacial score (nSPS) is 24.8. The SMILES string of the molecule is CCNC(=NCCNC(C)(C)C)N1CCCC2(CNC(=O)C2)C1.I. The van der Waals surface area contributed by atoms with Gasteiger partial charge in [-0.1, -0.05) is 0 Å². The Balaban J connectivity index is 0.00000288. The fourth-order valence-electron chi connectivity index (χ4n) is 3.45. The molecule has 140 valence electrons. The summed E-state index contributed by atoms with van der Waals surface area (Å²) in [4.78, 5) is 18.8. The minimum atomic E-state index is 0. The molecule has 24 heavy (non-hydrogen) atoms. The molecule has 0 aromatic carbocycles. The van der Waals surface area contributed by atoms with E-state index in [1.807, 2.05) is 0 Å². The van der Waals surface area contributed by atoms with Crippen LogP contribution in [0.3, 0.4) is 0 Å². The van der Waals surface area contributed by atoms with Crippen LogP contribution >= 0.6 is 24.0 Å². The second-order valence-electron chi connectivity index (χ2n) is 7.89. The molecule has 2 saturated heterocycles. The molecule has 2 rings (SSSR count). The van der Waals surface area contributed by atoms with Gasteiger partial charge in [-0.15, -0.1) is 24.0 Å². The first-order valence-corrected chi connectivity index (χ1v) is 8.89. The molecular formula is C17H34IN5O. The number of amides is 1. The number of nitrogens with zero attached hydrogens (tertiary/aromatic N) is 2. The molecule has 0 radical (unpaired) electrons. The van der Waals surface area contributed by atoms with Crippen LogP contribution in [0.4, 0.5) is 0 Å². The number of aliphatic imine (C=N–C) groups is 1. The molecular weight excluding hydrogens is 417 g/mol. The van der Waals surface area contributed by atoms with Crippen LogP contribution in [0.2, 0.25) is 0 Å². The molecule has 1 amide bonds. The molecule has 2 fully saturated rings. The average Bonchev–Trinajstić information content (AvgIpc) is 2.82. The number of halogens is 1. The van der Waals surface area contributed by atoms with E-state index in [2.05, 4.69) is 48.5 Å². The lowest BCUT2D eigenvalue weighted by molar-refractivity contribution is -0.119. The van der Waals surface area contributed by atoms with Gasteiger partial charge in [0, 0.05) is 50.1 Å². The molecule has 1 spiro atoms. The maximum Gasteiger partial charge on any atom is 0.220 e. The Hall–Kier alpha value is -0.570. The Labute approximate surface area is 163 Å². The van der Waals surface area contributed by atoms with Crippen molar-refractivity contribution in [2.24, 2.45) is 10.4 Å². The molecule has 6 nitrogen and oxygen atoms in total. The van der Waals surface area contributed by atoms with E-state index in [9.17, 15) is 4.79 Å². The average molecular weight is 451 g/mol. The van der Waals surface area contributed by atoms with E-state index in [4.69, 9.17) is 4.99 Å². The molecule has 0 aromatic rings. The zero-order valence-electron chi connectivity index (χ0n) is 15.6. The predicted molar refractivity (Wildman–Crippen MR) is 110 cm³/mol. The largest absolute Gasteiger partial charge is 0.357 e. The second kappa shape index (κ2) is 9.22. The van der Waals surface area contributed by atoms with E-state index in [0.717, 1.165) is 58.1 Å². The highest BCUT2D eigenvalue weighted by molar-refractivity contribution is 14.0. The number of guanidine groups is 1. The second-order valence-corrected chi connectivity index (χ2v) is 7.89. The van der Waals surface area contributed by atoms with Gasteiger partial charge in [0.2, 0.25) is 5.91 Å². The first-order chi connectivity index (χ1) is 10.8. The lowest BCUT2D eigenvalue weighted by Crippen LogP contribution is -2.51. The Morgan fingerprint density at radius 3 is 2.75 bits per heavy atom. The van der Waals surface area contributed by atoms with Crippen molar-refractivity contribution >= 4 is 35.8 Å². The van der Waals surface area contributed by atoms with E-state index in [1.54, 1.807) is 0 Å². The number of likely N-dealkylation sites (tertiary alicyclic amines) is 1. The summed E-state index contributed by atoms with van der Waals surface area (Å²) in [7, 11) is 0. The number of hydrogen-bond donors (Lipinski definition) is 3. The van der Waals surface area contributed by atoms with Crippen LogP contribution in [0.25, 0.3) is 0 Å². The van der Waals surface area contributed by atoms with E-state index < -0.39 is 0 Å². The predicted octanol–water partition coefficient (Wildman–Crippen LogP) is 1.56. The lowest BCUT2D eigenvalue weighted by Gasteiger charge is -2.40. The highest BCUT2D eigenvalue weighted by atomic mass is 127. The smallest absolute Gasteiger partial charge is 0.220 e. The summed E-state index contributed by atoms with van der Waals surface area (Å²) < 4.78 is 0. The topological polar surface area (TPSA) is 68.8 Å². The van der Waals surface area contributed by atoms with E-state index in [0.29, 0.717) is 6.42 Å². The number of piperidine rings is 1. The zero-order chi connectivity index (χ0) is 16.9. The number of nitrogens with one attached hydrogen (secondary N) is 3. The monoisotopic (exact) mass is 451 g/mol. The van der Waals surface area contributed by atoms with Crippen molar-refractivity contribution in [3.8, 4) is 0 Å². The number of carbonyl (C=O) groups excluding carboxylic acids is 1. The summed E-state index contributed by atoms with van der Waals surface area (Å²) in [5, 5.41) is 9.88. The number of rotatable bonds is 4. The van der Waals surface area contributed by atoms with Crippen molar-refractivity contribution in [1.82, 2.24) is 20.9 Å². The first-order valence-electron chi connectivity index (χ1n) is 8.89. The Bertz CT molecular complexity index is 449. The van der Waals surface area contributed by atoms with Crippen LogP contribution in [0, 0.1) is 5.41 Å². The highest BCUT2D eigenvalue weighted by Crippen LogP contribution is 2.35. The fourth-order valence-corrected chi connectivity index (χ4v) is 3.45. The summed E-state index contributed by atoms with van der Waals surface area (Å²) in [6.45, 7) is 13.9. The molecule has 0 aromatic heterocycles. The molecule has 1 unspecified atom stereocenters. The van der Waals surface area contributed by atoms with Crippen LogP contribution in [-0.4, -0.2) is 61.6 Å². The number of carbonyl (C=O) groups is 1. The van der Waals surface area contributed by atoms with Gasteiger partial charge in [-0.2, -0.15) is 0 Å². The van der Waals surface area contributed by atoms with Crippen molar-refractivity contribution in [2.75, 3.05) is 39.3 Å². The first kappa shape index (κ1) is 21.5. The van der Waals surface area contributed by atoms with Crippen molar-refractivity contribution in [2.45, 2.75) is 52.5 Å².